The highest BCUT2D eigenvalue weighted by atomic mass is 32.1. The van der Waals surface area contributed by atoms with Crippen LogP contribution in [0.1, 0.15) is 37.0 Å². The van der Waals surface area contributed by atoms with E-state index in [1.807, 2.05) is 63.2 Å². The van der Waals surface area contributed by atoms with Crippen molar-refractivity contribution < 1.29 is 9.59 Å². The van der Waals surface area contributed by atoms with E-state index in [1.165, 1.54) is 16.9 Å². The van der Waals surface area contributed by atoms with Crippen LogP contribution in [-0.4, -0.2) is 16.8 Å². The summed E-state index contributed by atoms with van der Waals surface area (Å²) in [4.78, 5) is 28.5. The largest absolute Gasteiger partial charge is 0.352 e. The highest BCUT2D eigenvalue weighted by Crippen LogP contribution is 2.27. The molecule has 0 fully saturated rings. The molecule has 2 N–H and O–H groups in total. The molecule has 28 heavy (non-hydrogen) atoms. The van der Waals surface area contributed by atoms with Crippen molar-refractivity contribution in [2.75, 3.05) is 5.32 Å². The van der Waals surface area contributed by atoms with Crippen LogP contribution in [0.2, 0.25) is 0 Å². The van der Waals surface area contributed by atoms with Gasteiger partial charge in [-0.15, -0.1) is 0 Å². The van der Waals surface area contributed by atoms with E-state index >= 15 is 0 Å². The zero-order chi connectivity index (χ0) is 20.1. The monoisotopic (exact) mass is 395 g/mol. The summed E-state index contributed by atoms with van der Waals surface area (Å²) in [6.07, 6.45) is 1.11. The van der Waals surface area contributed by atoms with Crippen LogP contribution in [0.15, 0.2) is 42.5 Å². The number of anilines is 1. The third-order valence-electron chi connectivity index (χ3n) is 4.59. The second-order valence-electron chi connectivity index (χ2n) is 7.17. The highest BCUT2D eigenvalue weighted by molar-refractivity contribution is 7.22. The van der Waals surface area contributed by atoms with E-state index in [1.54, 1.807) is 0 Å². The zero-order valence-electron chi connectivity index (χ0n) is 16.4. The van der Waals surface area contributed by atoms with Gasteiger partial charge in [-0.1, -0.05) is 55.5 Å². The Balaban J connectivity index is 1.56. The number of hydrogen-bond acceptors (Lipinski definition) is 4. The number of amides is 2. The van der Waals surface area contributed by atoms with Crippen LogP contribution in [0, 0.1) is 12.8 Å². The van der Waals surface area contributed by atoms with Gasteiger partial charge in [-0.25, -0.2) is 4.98 Å². The minimum atomic E-state index is -0.0826. The first-order chi connectivity index (χ1) is 13.4. The van der Waals surface area contributed by atoms with E-state index in [4.69, 9.17) is 0 Å². The second-order valence-corrected chi connectivity index (χ2v) is 8.20. The second kappa shape index (κ2) is 8.97. The third-order valence-corrected chi connectivity index (χ3v) is 5.52. The summed E-state index contributed by atoms with van der Waals surface area (Å²) in [5, 5.41) is 6.44. The van der Waals surface area contributed by atoms with Crippen molar-refractivity contribution in [3.63, 3.8) is 0 Å². The maximum Gasteiger partial charge on any atom is 0.228 e. The molecule has 3 rings (SSSR count). The maximum absolute atomic E-state index is 12.2. The van der Waals surface area contributed by atoms with Crippen molar-refractivity contribution in [2.45, 2.75) is 40.2 Å². The van der Waals surface area contributed by atoms with Crippen molar-refractivity contribution in [3.05, 3.63) is 59.2 Å². The highest BCUT2D eigenvalue weighted by Gasteiger charge is 2.11. The number of thiazole rings is 1. The Morgan fingerprint density at radius 2 is 1.93 bits per heavy atom. The lowest BCUT2D eigenvalue weighted by molar-refractivity contribution is -0.121. The summed E-state index contributed by atoms with van der Waals surface area (Å²) < 4.78 is 1.01. The van der Waals surface area contributed by atoms with Crippen LogP contribution < -0.4 is 10.6 Å². The summed E-state index contributed by atoms with van der Waals surface area (Å²) in [5.74, 6) is -0.0806. The Hall–Kier alpha value is -2.73. The SMILES string of the molecule is Cc1ccccc1CNC(=O)CCc1ccc2nc(NC(=O)C(C)C)sc2c1. The van der Waals surface area contributed by atoms with Gasteiger partial charge in [0.15, 0.2) is 5.13 Å². The van der Waals surface area contributed by atoms with E-state index in [-0.39, 0.29) is 17.7 Å². The number of nitrogens with one attached hydrogen (secondary N) is 2. The lowest BCUT2D eigenvalue weighted by Crippen LogP contribution is -2.23. The molecule has 0 saturated carbocycles. The number of carbonyl (C=O) groups is 2. The molecule has 2 amide bonds. The number of benzene rings is 2. The van der Waals surface area contributed by atoms with E-state index < -0.39 is 0 Å². The molecule has 0 aliphatic heterocycles. The lowest BCUT2D eigenvalue weighted by atomic mass is 10.1. The first-order valence-corrected chi connectivity index (χ1v) is 10.3. The Bertz CT molecular complexity index is 994. The van der Waals surface area contributed by atoms with Crippen LogP contribution in [0.4, 0.5) is 5.13 Å². The fourth-order valence-electron chi connectivity index (χ4n) is 2.78. The van der Waals surface area contributed by atoms with E-state index in [2.05, 4.69) is 15.6 Å². The molecule has 0 spiro atoms. The summed E-state index contributed by atoms with van der Waals surface area (Å²) in [6.45, 7) is 6.30. The molecule has 0 atom stereocenters. The number of nitrogens with zero attached hydrogens (tertiary/aromatic N) is 1. The van der Waals surface area contributed by atoms with Crippen LogP contribution in [-0.2, 0) is 22.6 Å². The molecule has 0 bridgehead atoms. The van der Waals surface area contributed by atoms with Gasteiger partial charge in [-0.3, -0.25) is 9.59 Å². The molecular weight excluding hydrogens is 370 g/mol. The predicted octanol–water partition coefficient (Wildman–Crippen LogP) is 4.45. The zero-order valence-corrected chi connectivity index (χ0v) is 17.2. The number of fused-ring (bicyclic) bond motifs is 1. The minimum absolute atomic E-state index is 0.0374. The molecular formula is C22H25N3O2S. The Labute approximate surface area is 169 Å². The van der Waals surface area contributed by atoms with Crippen LogP contribution in [0.25, 0.3) is 10.2 Å². The van der Waals surface area contributed by atoms with Crippen molar-refractivity contribution in [1.82, 2.24) is 10.3 Å². The first-order valence-electron chi connectivity index (χ1n) is 9.44. The first kappa shape index (κ1) is 20.0. The third kappa shape index (κ3) is 5.16. The number of rotatable bonds is 7. The van der Waals surface area contributed by atoms with E-state index in [0.717, 1.165) is 21.3 Å². The Morgan fingerprint density at radius 3 is 2.68 bits per heavy atom. The Morgan fingerprint density at radius 1 is 1.14 bits per heavy atom. The fourth-order valence-corrected chi connectivity index (χ4v) is 3.71. The van der Waals surface area contributed by atoms with E-state index in [9.17, 15) is 9.59 Å². The average molecular weight is 396 g/mol. The summed E-state index contributed by atoms with van der Waals surface area (Å²) >= 11 is 1.46. The molecule has 146 valence electrons. The molecule has 0 saturated heterocycles. The molecule has 6 heteroatoms. The van der Waals surface area contributed by atoms with Crippen molar-refractivity contribution in [3.8, 4) is 0 Å². The molecule has 3 aromatic rings. The molecule has 1 heterocycles. The van der Waals surface area contributed by atoms with Crippen molar-refractivity contribution in [1.29, 1.82) is 0 Å². The predicted molar refractivity (Wildman–Crippen MR) is 114 cm³/mol. The van der Waals surface area contributed by atoms with Crippen LogP contribution >= 0.6 is 11.3 Å². The van der Waals surface area contributed by atoms with Crippen LogP contribution in [0.5, 0.6) is 0 Å². The summed E-state index contributed by atoms with van der Waals surface area (Å²) in [6, 6.07) is 14.0. The van der Waals surface area contributed by atoms with Gasteiger partial charge >= 0.3 is 0 Å². The Kier molecular flexibility index (Phi) is 6.41. The molecule has 0 aliphatic rings. The van der Waals surface area contributed by atoms with Gasteiger partial charge in [0, 0.05) is 18.9 Å². The minimum Gasteiger partial charge on any atom is -0.352 e. The molecule has 0 aliphatic carbocycles. The van der Waals surface area contributed by atoms with Gasteiger partial charge in [0.1, 0.15) is 0 Å². The fraction of sp³-hybridized carbons (Fsp3) is 0.318. The quantitative estimate of drug-likeness (QED) is 0.621. The van der Waals surface area contributed by atoms with Gasteiger partial charge in [0.25, 0.3) is 0 Å². The van der Waals surface area contributed by atoms with Gasteiger partial charge in [-0.2, -0.15) is 0 Å². The number of hydrogen-bond donors (Lipinski definition) is 2. The normalized spacial score (nSPS) is 11.0. The number of aryl methyl sites for hydroxylation is 2. The summed E-state index contributed by atoms with van der Waals surface area (Å²) in [7, 11) is 0. The standard InChI is InChI=1S/C22H25N3O2S/c1-14(2)21(27)25-22-24-18-10-8-16(12-19(18)28-22)9-11-20(26)23-13-17-7-5-4-6-15(17)3/h4-8,10,12,14H,9,11,13H2,1-3H3,(H,23,26)(H,24,25,27). The molecule has 0 unspecified atom stereocenters. The summed E-state index contributed by atoms with van der Waals surface area (Å²) in [5.41, 5.74) is 4.26. The van der Waals surface area contributed by atoms with E-state index in [0.29, 0.717) is 24.5 Å². The molecule has 1 aromatic heterocycles. The van der Waals surface area contributed by atoms with Crippen molar-refractivity contribution >= 4 is 38.5 Å². The topological polar surface area (TPSA) is 71.1 Å². The van der Waals surface area contributed by atoms with Crippen molar-refractivity contribution in [2.24, 2.45) is 5.92 Å². The van der Waals surface area contributed by atoms with Gasteiger partial charge in [0.2, 0.25) is 11.8 Å². The smallest absolute Gasteiger partial charge is 0.228 e. The maximum atomic E-state index is 12.2. The van der Waals surface area contributed by atoms with Crippen LogP contribution in [0.3, 0.4) is 0 Å². The average Bonchev–Trinajstić information content (AvgIpc) is 3.07. The molecule has 0 radical (unpaired) electrons. The van der Waals surface area contributed by atoms with Gasteiger partial charge in [-0.05, 0) is 42.2 Å². The molecule has 2 aromatic carbocycles. The lowest BCUT2D eigenvalue weighted by Gasteiger charge is -2.08. The van der Waals surface area contributed by atoms with Gasteiger partial charge < -0.3 is 10.6 Å². The van der Waals surface area contributed by atoms with Gasteiger partial charge in [0.05, 0.1) is 10.2 Å². The number of aromatic nitrogens is 1. The number of carbonyl (C=O) groups excluding carboxylic acids is 2. The molecule has 5 nitrogen and oxygen atoms in total.